The predicted octanol–water partition coefficient (Wildman–Crippen LogP) is 4.89. The average Bonchev–Trinajstić information content (AvgIpc) is 3.08. The van der Waals surface area contributed by atoms with Crippen LogP contribution in [-0.2, 0) is 13.0 Å². The monoisotopic (exact) mass is 386 g/mol. The number of hydrogen-bond acceptors (Lipinski definition) is 3. The molecule has 144 valence electrons. The maximum atomic E-state index is 5.70. The number of rotatable bonds is 10. The van der Waals surface area contributed by atoms with Gasteiger partial charge in [0.1, 0.15) is 6.61 Å². The molecule has 0 spiro atoms. The van der Waals surface area contributed by atoms with E-state index in [9.17, 15) is 0 Å². The highest BCUT2D eigenvalue weighted by Gasteiger charge is 2.07. The first-order chi connectivity index (χ1) is 12.8. The zero-order valence-electron chi connectivity index (χ0n) is 15.7. The van der Waals surface area contributed by atoms with Crippen LogP contribution in [0.2, 0.25) is 0 Å². The molecule has 0 bridgehead atoms. The van der Waals surface area contributed by atoms with Crippen LogP contribution >= 0.6 is 12.4 Å². The quantitative estimate of drug-likeness (QED) is 0.385. The van der Waals surface area contributed by atoms with E-state index in [1.807, 2.05) is 19.1 Å². The number of hydrogen-bond donors (Lipinski definition) is 2. The Morgan fingerprint density at radius 1 is 1.11 bits per heavy atom. The minimum absolute atomic E-state index is 0. The molecule has 2 N–H and O–H groups in total. The van der Waals surface area contributed by atoms with Gasteiger partial charge in [-0.3, -0.25) is 0 Å². The van der Waals surface area contributed by atoms with Crippen molar-refractivity contribution in [3.63, 3.8) is 0 Å². The number of aromatic nitrogens is 1. The van der Waals surface area contributed by atoms with E-state index in [0.717, 1.165) is 31.0 Å². The van der Waals surface area contributed by atoms with Gasteiger partial charge < -0.3 is 19.8 Å². The summed E-state index contributed by atoms with van der Waals surface area (Å²) in [6.45, 7) is 8.46. The molecule has 0 aliphatic rings. The Bertz CT molecular complexity index is 860. The molecule has 0 aliphatic carbocycles. The molecule has 2 aromatic carbocycles. The van der Waals surface area contributed by atoms with Gasteiger partial charge in [0.05, 0.1) is 6.61 Å². The summed E-state index contributed by atoms with van der Waals surface area (Å²) in [5.41, 5.74) is 3.72. The SMILES string of the molecule is C=CCOc1ccc(CNCCc2c[nH]c3ccccc23)cc1OCC.Cl. The topological polar surface area (TPSA) is 46.3 Å². The summed E-state index contributed by atoms with van der Waals surface area (Å²) >= 11 is 0. The highest BCUT2D eigenvalue weighted by atomic mass is 35.5. The molecule has 0 amide bonds. The molecule has 0 radical (unpaired) electrons. The lowest BCUT2D eigenvalue weighted by Gasteiger charge is -2.13. The van der Waals surface area contributed by atoms with Gasteiger partial charge in [-0.25, -0.2) is 0 Å². The number of para-hydroxylation sites is 1. The number of halogens is 1. The minimum atomic E-state index is 0. The van der Waals surface area contributed by atoms with Gasteiger partial charge in [0, 0.05) is 23.6 Å². The zero-order chi connectivity index (χ0) is 18.2. The van der Waals surface area contributed by atoms with E-state index in [2.05, 4.69) is 53.4 Å². The fraction of sp³-hybridized carbons (Fsp3) is 0.273. The van der Waals surface area contributed by atoms with Crippen molar-refractivity contribution in [2.75, 3.05) is 19.8 Å². The molecule has 0 saturated heterocycles. The third-order valence-corrected chi connectivity index (χ3v) is 4.24. The van der Waals surface area contributed by atoms with Crippen molar-refractivity contribution in [1.29, 1.82) is 0 Å². The van der Waals surface area contributed by atoms with E-state index >= 15 is 0 Å². The molecule has 3 rings (SSSR count). The number of H-pyrrole nitrogens is 1. The van der Waals surface area contributed by atoms with Crippen molar-refractivity contribution in [3.05, 3.63) is 72.4 Å². The molecule has 0 saturated carbocycles. The van der Waals surface area contributed by atoms with Crippen molar-refractivity contribution < 1.29 is 9.47 Å². The molecule has 0 atom stereocenters. The number of fused-ring (bicyclic) bond motifs is 1. The summed E-state index contributed by atoms with van der Waals surface area (Å²) in [4.78, 5) is 3.33. The van der Waals surface area contributed by atoms with Crippen LogP contribution in [0, 0.1) is 0 Å². The van der Waals surface area contributed by atoms with Crippen molar-refractivity contribution in [2.45, 2.75) is 19.9 Å². The van der Waals surface area contributed by atoms with Gasteiger partial charge in [0.2, 0.25) is 0 Å². The molecule has 4 nitrogen and oxygen atoms in total. The summed E-state index contributed by atoms with van der Waals surface area (Å²) in [6.07, 6.45) is 4.82. The summed E-state index contributed by atoms with van der Waals surface area (Å²) in [5, 5.41) is 4.81. The molecule has 27 heavy (non-hydrogen) atoms. The van der Waals surface area contributed by atoms with E-state index in [4.69, 9.17) is 9.47 Å². The fourth-order valence-electron chi connectivity index (χ4n) is 2.99. The predicted molar refractivity (Wildman–Crippen MR) is 114 cm³/mol. The number of aromatic amines is 1. The van der Waals surface area contributed by atoms with E-state index in [0.29, 0.717) is 13.2 Å². The second kappa shape index (κ2) is 10.7. The second-order valence-electron chi connectivity index (χ2n) is 6.10. The summed E-state index contributed by atoms with van der Waals surface area (Å²) in [5.74, 6) is 1.54. The number of nitrogens with one attached hydrogen (secondary N) is 2. The molecular formula is C22H27ClN2O2. The van der Waals surface area contributed by atoms with Gasteiger partial charge >= 0.3 is 0 Å². The van der Waals surface area contributed by atoms with Crippen LogP contribution in [0.1, 0.15) is 18.1 Å². The van der Waals surface area contributed by atoms with Crippen molar-refractivity contribution in [2.24, 2.45) is 0 Å². The maximum absolute atomic E-state index is 5.70. The highest BCUT2D eigenvalue weighted by Crippen LogP contribution is 2.28. The standard InChI is InChI=1S/C22H26N2O2.ClH/c1-3-13-26-21-10-9-17(14-22(21)25-4-2)15-23-12-11-18-16-24-20-8-6-5-7-19(18)20;/h3,5-10,14,16,23-24H,1,4,11-13,15H2,2H3;1H. The van der Waals surface area contributed by atoms with Crippen LogP contribution < -0.4 is 14.8 Å². The van der Waals surface area contributed by atoms with Crippen LogP contribution in [0.5, 0.6) is 11.5 Å². The molecule has 0 unspecified atom stereocenters. The lowest BCUT2D eigenvalue weighted by molar-refractivity contribution is 0.296. The number of benzene rings is 2. The van der Waals surface area contributed by atoms with Crippen LogP contribution in [0.4, 0.5) is 0 Å². The zero-order valence-corrected chi connectivity index (χ0v) is 16.5. The Morgan fingerprint density at radius 2 is 1.96 bits per heavy atom. The summed E-state index contributed by atoms with van der Waals surface area (Å²) in [6, 6.07) is 14.5. The Kier molecular flexibility index (Phi) is 8.24. The Morgan fingerprint density at radius 3 is 2.78 bits per heavy atom. The normalized spacial score (nSPS) is 10.4. The van der Waals surface area contributed by atoms with Crippen molar-refractivity contribution in [3.8, 4) is 11.5 Å². The van der Waals surface area contributed by atoms with Crippen molar-refractivity contribution in [1.82, 2.24) is 10.3 Å². The third kappa shape index (κ3) is 5.52. The van der Waals surface area contributed by atoms with Gasteiger partial charge in [0.15, 0.2) is 11.5 Å². The van der Waals surface area contributed by atoms with E-state index in [1.54, 1.807) is 6.08 Å². The van der Waals surface area contributed by atoms with E-state index in [1.165, 1.54) is 22.0 Å². The van der Waals surface area contributed by atoms with E-state index in [-0.39, 0.29) is 12.4 Å². The third-order valence-electron chi connectivity index (χ3n) is 4.24. The highest BCUT2D eigenvalue weighted by molar-refractivity contribution is 5.85. The van der Waals surface area contributed by atoms with Crippen LogP contribution in [-0.4, -0.2) is 24.7 Å². The Labute approximate surface area is 167 Å². The van der Waals surface area contributed by atoms with Gasteiger partial charge in [-0.05, 0) is 49.2 Å². The van der Waals surface area contributed by atoms with Crippen LogP contribution in [0.3, 0.4) is 0 Å². The molecule has 3 aromatic rings. The van der Waals surface area contributed by atoms with E-state index < -0.39 is 0 Å². The van der Waals surface area contributed by atoms with Gasteiger partial charge in [-0.1, -0.05) is 36.9 Å². The molecular weight excluding hydrogens is 360 g/mol. The molecule has 5 heteroatoms. The second-order valence-corrected chi connectivity index (χ2v) is 6.10. The first kappa shape index (κ1) is 20.9. The average molecular weight is 387 g/mol. The van der Waals surface area contributed by atoms with Crippen LogP contribution in [0.15, 0.2) is 61.3 Å². The smallest absolute Gasteiger partial charge is 0.161 e. The lowest BCUT2D eigenvalue weighted by atomic mass is 10.1. The largest absolute Gasteiger partial charge is 0.490 e. The Hall–Kier alpha value is -2.43. The van der Waals surface area contributed by atoms with Gasteiger partial charge in [0.25, 0.3) is 0 Å². The van der Waals surface area contributed by atoms with Gasteiger partial charge in [-0.15, -0.1) is 12.4 Å². The molecule has 1 heterocycles. The first-order valence-electron chi connectivity index (χ1n) is 9.07. The molecule has 0 aliphatic heterocycles. The van der Waals surface area contributed by atoms with Crippen molar-refractivity contribution >= 4 is 23.3 Å². The van der Waals surface area contributed by atoms with Gasteiger partial charge in [-0.2, -0.15) is 0 Å². The summed E-state index contributed by atoms with van der Waals surface area (Å²) in [7, 11) is 0. The summed E-state index contributed by atoms with van der Waals surface area (Å²) < 4.78 is 11.3. The Balaban J connectivity index is 0.00000261. The fourth-order valence-corrected chi connectivity index (χ4v) is 2.99. The lowest BCUT2D eigenvalue weighted by Crippen LogP contribution is -2.16. The first-order valence-corrected chi connectivity index (χ1v) is 9.07. The maximum Gasteiger partial charge on any atom is 0.161 e. The number of ether oxygens (including phenoxy) is 2. The molecule has 0 fully saturated rings. The molecule has 1 aromatic heterocycles. The minimum Gasteiger partial charge on any atom is -0.490 e. The van der Waals surface area contributed by atoms with Crippen LogP contribution in [0.25, 0.3) is 10.9 Å².